The lowest BCUT2D eigenvalue weighted by molar-refractivity contribution is 0.905. The van der Waals surface area contributed by atoms with E-state index >= 15 is 0 Å². The molecule has 0 amide bonds. The zero-order valence-electron chi connectivity index (χ0n) is 8.84. The molecular formula is C12H11N3S. The summed E-state index contributed by atoms with van der Waals surface area (Å²) in [5.41, 5.74) is 1.41. The van der Waals surface area contributed by atoms with Gasteiger partial charge >= 0.3 is 0 Å². The highest BCUT2D eigenvalue weighted by Crippen LogP contribution is 2.24. The molecule has 0 bridgehead atoms. The van der Waals surface area contributed by atoms with Gasteiger partial charge in [-0.05, 0) is 24.4 Å². The van der Waals surface area contributed by atoms with Crippen molar-refractivity contribution in [3.63, 3.8) is 0 Å². The minimum atomic E-state index is 0.191. The van der Waals surface area contributed by atoms with Crippen molar-refractivity contribution in [1.82, 2.24) is 4.98 Å². The van der Waals surface area contributed by atoms with Gasteiger partial charge in [0.25, 0.3) is 0 Å². The molecule has 1 unspecified atom stereocenters. The Bertz CT molecular complexity index is 499. The van der Waals surface area contributed by atoms with Crippen molar-refractivity contribution >= 4 is 17.0 Å². The zero-order valence-corrected chi connectivity index (χ0v) is 9.66. The van der Waals surface area contributed by atoms with Gasteiger partial charge < -0.3 is 5.32 Å². The Kier molecular flexibility index (Phi) is 3.18. The van der Waals surface area contributed by atoms with E-state index in [0.29, 0.717) is 5.56 Å². The van der Waals surface area contributed by atoms with Gasteiger partial charge in [-0.2, -0.15) is 5.26 Å². The first-order valence-electron chi connectivity index (χ1n) is 4.95. The summed E-state index contributed by atoms with van der Waals surface area (Å²) >= 11 is 1.70. The first kappa shape index (κ1) is 10.7. The Morgan fingerprint density at radius 1 is 1.50 bits per heavy atom. The topological polar surface area (TPSA) is 48.7 Å². The molecule has 4 heteroatoms. The average Bonchev–Trinajstić information content (AvgIpc) is 2.83. The van der Waals surface area contributed by atoms with Crippen LogP contribution in [0.1, 0.15) is 23.4 Å². The van der Waals surface area contributed by atoms with Crippen LogP contribution in [0.25, 0.3) is 0 Å². The Hall–Kier alpha value is -1.86. The maximum absolute atomic E-state index is 8.95. The van der Waals surface area contributed by atoms with E-state index in [4.69, 9.17) is 5.26 Å². The van der Waals surface area contributed by atoms with E-state index in [1.54, 1.807) is 29.8 Å². The molecule has 80 valence electrons. The van der Waals surface area contributed by atoms with Crippen molar-refractivity contribution in [1.29, 1.82) is 5.26 Å². The van der Waals surface area contributed by atoms with Crippen LogP contribution in [0, 0.1) is 11.3 Å². The SMILES string of the molecule is CC(Nc1cnccc1C#N)c1cccs1. The summed E-state index contributed by atoms with van der Waals surface area (Å²) in [5.74, 6) is 0. The molecule has 0 saturated carbocycles. The normalized spacial score (nSPS) is 11.8. The Morgan fingerprint density at radius 3 is 3.06 bits per heavy atom. The van der Waals surface area contributed by atoms with Gasteiger partial charge in [-0.3, -0.25) is 4.98 Å². The number of hydrogen-bond donors (Lipinski definition) is 1. The molecule has 0 aromatic carbocycles. The number of nitriles is 1. The monoisotopic (exact) mass is 229 g/mol. The van der Waals surface area contributed by atoms with Crippen LogP contribution in [0.2, 0.25) is 0 Å². The first-order valence-corrected chi connectivity index (χ1v) is 5.83. The van der Waals surface area contributed by atoms with Crippen molar-refractivity contribution in [2.75, 3.05) is 5.32 Å². The molecule has 0 fully saturated rings. The number of pyridine rings is 1. The van der Waals surface area contributed by atoms with Gasteiger partial charge in [0.15, 0.2) is 0 Å². The summed E-state index contributed by atoms with van der Waals surface area (Å²) in [7, 11) is 0. The molecule has 0 aliphatic rings. The van der Waals surface area contributed by atoms with Crippen LogP contribution in [-0.2, 0) is 0 Å². The third-order valence-corrected chi connectivity index (χ3v) is 3.34. The van der Waals surface area contributed by atoms with E-state index < -0.39 is 0 Å². The molecule has 0 spiro atoms. The van der Waals surface area contributed by atoms with Gasteiger partial charge in [0.05, 0.1) is 23.5 Å². The van der Waals surface area contributed by atoms with E-state index in [1.165, 1.54) is 4.88 Å². The molecule has 0 aliphatic carbocycles. The predicted molar refractivity (Wildman–Crippen MR) is 65.3 cm³/mol. The van der Waals surface area contributed by atoms with Gasteiger partial charge in [0, 0.05) is 11.1 Å². The Morgan fingerprint density at radius 2 is 2.38 bits per heavy atom. The molecule has 2 heterocycles. The van der Waals surface area contributed by atoms with Crippen molar-refractivity contribution in [2.45, 2.75) is 13.0 Å². The highest BCUT2D eigenvalue weighted by molar-refractivity contribution is 7.10. The standard InChI is InChI=1S/C12H11N3S/c1-9(12-3-2-6-16-12)15-11-8-14-5-4-10(11)7-13/h2-6,8-9,15H,1H3. The molecule has 1 atom stereocenters. The van der Waals surface area contributed by atoms with Gasteiger partial charge in [-0.25, -0.2) is 0 Å². The van der Waals surface area contributed by atoms with Crippen LogP contribution in [0.3, 0.4) is 0 Å². The molecular weight excluding hydrogens is 218 g/mol. The van der Waals surface area contributed by atoms with Crippen LogP contribution in [0.15, 0.2) is 36.0 Å². The molecule has 3 nitrogen and oxygen atoms in total. The minimum Gasteiger partial charge on any atom is -0.375 e. The number of nitrogens with one attached hydrogen (secondary N) is 1. The van der Waals surface area contributed by atoms with Crippen molar-refractivity contribution in [3.8, 4) is 6.07 Å². The van der Waals surface area contributed by atoms with E-state index in [9.17, 15) is 0 Å². The first-order chi connectivity index (χ1) is 7.81. The Balaban J connectivity index is 2.19. The van der Waals surface area contributed by atoms with Crippen LogP contribution in [0.5, 0.6) is 0 Å². The molecule has 2 aromatic rings. The minimum absolute atomic E-state index is 0.191. The largest absolute Gasteiger partial charge is 0.375 e. The molecule has 0 saturated heterocycles. The second-order valence-corrected chi connectivity index (χ2v) is 4.39. The lowest BCUT2D eigenvalue weighted by atomic mass is 10.2. The summed E-state index contributed by atoms with van der Waals surface area (Å²) in [6.45, 7) is 2.07. The lowest BCUT2D eigenvalue weighted by Crippen LogP contribution is -2.06. The average molecular weight is 229 g/mol. The third-order valence-electron chi connectivity index (χ3n) is 2.28. The zero-order chi connectivity index (χ0) is 11.4. The van der Waals surface area contributed by atoms with Crippen LogP contribution < -0.4 is 5.32 Å². The number of rotatable bonds is 3. The lowest BCUT2D eigenvalue weighted by Gasteiger charge is -2.14. The van der Waals surface area contributed by atoms with E-state index in [0.717, 1.165) is 5.69 Å². The number of hydrogen-bond acceptors (Lipinski definition) is 4. The molecule has 0 aliphatic heterocycles. The maximum Gasteiger partial charge on any atom is 0.101 e. The van der Waals surface area contributed by atoms with E-state index in [1.807, 2.05) is 11.4 Å². The quantitative estimate of drug-likeness (QED) is 0.879. The number of anilines is 1. The molecule has 2 rings (SSSR count). The summed E-state index contributed by atoms with van der Waals surface area (Å²) < 4.78 is 0. The van der Waals surface area contributed by atoms with Crippen LogP contribution >= 0.6 is 11.3 Å². The Labute approximate surface area is 98.4 Å². The second kappa shape index (κ2) is 4.77. The molecule has 0 radical (unpaired) electrons. The maximum atomic E-state index is 8.95. The number of aromatic nitrogens is 1. The van der Waals surface area contributed by atoms with Crippen molar-refractivity contribution in [3.05, 3.63) is 46.4 Å². The molecule has 16 heavy (non-hydrogen) atoms. The fourth-order valence-electron chi connectivity index (χ4n) is 1.45. The van der Waals surface area contributed by atoms with Crippen molar-refractivity contribution < 1.29 is 0 Å². The van der Waals surface area contributed by atoms with Gasteiger partial charge in [0.2, 0.25) is 0 Å². The van der Waals surface area contributed by atoms with Gasteiger partial charge in [-0.15, -0.1) is 11.3 Å². The number of nitrogens with zero attached hydrogens (tertiary/aromatic N) is 2. The summed E-state index contributed by atoms with van der Waals surface area (Å²) in [5, 5.41) is 14.3. The number of thiophene rings is 1. The summed E-state index contributed by atoms with van der Waals surface area (Å²) in [6.07, 6.45) is 3.31. The molecule has 1 N–H and O–H groups in total. The van der Waals surface area contributed by atoms with Gasteiger partial charge in [0.1, 0.15) is 6.07 Å². The fourth-order valence-corrected chi connectivity index (χ4v) is 2.18. The highest BCUT2D eigenvalue weighted by Gasteiger charge is 2.08. The smallest absolute Gasteiger partial charge is 0.101 e. The van der Waals surface area contributed by atoms with Crippen LogP contribution in [0.4, 0.5) is 5.69 Å². The fraction of sp³-hybridized carbons (Fsp3) is 0.167. The van der Waals surface area contributed by atoms with Crippen LogP contribution in [-0.4, -0.2) is 4.98 Å². The predicted octanol–water partition coefficient (Wildman–Crippen LogP) is 3.19. The second-order valence-electron chi connectivity index (χ2n) is 3.41. The molecule has 2 aromatic heterocycles. The summed E-state index contributed by atoms with van der Waals surface area (Å²) in [6, 6.07) is 8.14. The van der Waals surface area contributed by atoms with Crippen molar-refractivity contribution in [2.24, 2.45) is 0 Å². The highest BCUT2D eigenvalue weighted by atomic mass is 32.1. The van der Waals surface area contributed by atoms with E-state index in [2.05, 4.69) is 29.4 Å². The van der Waals surface area contributed by atoms with E-state index in [-0.39, 0.29) is 6.04 Å². The summed E-state index contributed by atoms with van der Waals surface area (Å²) in [4.78, 5) is 5.26. The van der Waals surface area contributed by atoms with Gasteiger partial charge in [-0.1, -0.05) is 6.07 Å². The third kappa shape index (κ3) is 2.20.